The van der Waals surface area contributed by atoms with Crippen molar-refractivity contribution in [3.63, 3.8) is 0 Å². The van der Waals surface area contributed by atoms with E-state index >= 15 is 0 Å². The largest absolute Gasteiger partial charge is 0.326 e. The van der Waals surface area contributed by atoms with Crippen molar-refractivity contribution in [2.75, 3.05) is 4.72 Å². The lowest BCUT2D eigenvalue weighted by Gasteiger charge is -2.11. The van der Waals surface area contributed by atoms with Gasteiger partial charge in [-0.1, -0.05) is 6.07 Å². The van der Waals surface area contributed by atoms with Gasteiger partial charge >= 0.3 is 0 Å². The molecular formula is C13H14FN3O2S. The van der Waals surface area contributed by atoms with Crippen LogP contribution in [-0.2, 0) is 16.6 Å². The molecule has 0 unspecified atom stereocenters. The van der Waals surface area contributed by atoms with Gasteiger partial charge in [-0.05, 0) is 36.8 Å². The van der Waals surface area contributed by atoms with Gasteiger partial charge in [-0.2, -0.15) is 0 Å². The highest BCUT2D eigenvalue weighted by atomic mass is 32.2. The first-order valence-corrected chi connectivity index (χ1v) is 7.34. The Balaban J connectivity index is 2.43. The molecular weight excluding hydrogens is 281 g/mol. The second-order valence-electron chi connectivity index (χ2n) is 4.25. The molecule has 0 bridgehead atoms. The molecule has 106 valence electrons. The molecule has 5 nitrogen and oxygen atoms in total. The molecule has 0 aliphatic carbocycles. The monoisotopic (exact) mass is 295 g/mol. The fourth-order valence-corrected chi connectivity index (χ4v) is 3.08. The molecule has 7 heteroatoms. The van der Waals surface area contributed by atoms with Gasteiger partial charge in [0.1, 0.15) is 5.82 Å². The van der Waals surface area contributed by atoms with E-state index in [1.54, 1.807) is 13.0 Å². The van der Waals surface area contributed by atoms with E-state index < -0.39 is 15.8 Å². The summed E-state index contributed by atoms with van der Waals surface area (Å²) in [6.45, 7) is 1.75. The zero-order valence-electron chi connectivity index (χ0n) is 10.8. The van der Waals surface area contributed by atoms with Crippen molar-refractivity contribution in [3.8, 4) is 0 Å². The number of nitrogens with two attached hydrogens (primary N) is 1. The van der Waals surface area contributed by atoms with E-state index in [4.69, 9.17) is 5.73 Å². The number of pyridine rings is 1. The van der Waals surface area contributed by atoms with E-state index in [1.165, 1.54) is 24.4 Å². The second-order valence-corrected chi connectivity index (χ2v) is 5.90. The third-order valence-electron chi connectivity index (χ3n) is 2.69. The maximum Gasteiger partial charge on any atom is 0.262 e. The molecule has 2 aromatic rings. The number of hydrogen-bond donors (Lipinski definition) is 2. The molecule has 1 heterocycles. The highest BCUT2D eigenvalue weighted by Crippen LogP contribution is 2.20. The molecule has 20 heavy (non-hydrogen) atoms. The predicted molar refractivity (Wildman–Crippen MR) is 74.1 cm³/mol. The van der Waals surface area contributed by atoms with Crippen LogP contribution in [0.5, 0.6) is 0 Å². The standard InChI is InChI=1S/C13H14FN3O2S/c1-9-6-12(4-5-16-9)17-20(18,19)13-7-11(14)3-2-10(13)8-15/h2-7H,8,15H2,1H3,(H,16,17). The van der Waals surface area contributed by atoms with E-state index in [0.717, 1.165) is 6.07 Å². The average Bonchev–Trinajstić information content (AvgIpc) is 2.38. The summed E-state index contributed by atoms with van der Waals surface area (Å²) in [6.07, 6.45) is 1.49. The molecule has 0 aliphatic rings. The van der Waals surface area contributed by atoms with Crippen molar-refractivity contribution in [2.45, 2.75) is 18.4 Å². The van der Waals surface area contributed by atoms with Crippen molar-refractivity contribution in [3.05, 3.63) is 53.6 Å². The number of halogens is 1. The summed E-state index contributed by atoms with van der Waals surface area (Å²) in [5.41, 5.74) is 6.88. The summed E-state index contributed by atoms with van der Waals surface area (Å²) in [5, 5.41) is 0. The Morgan fingerprint density at radius 2 is 2.05 bits per heavy atom. The predicted octanol–water partition coefficient (Wildman–Crippen LogP) is 1.79. The maximum atomic E-state index is 13.3. The Morgan fingerprint density at radius 1 is 1.30 bits per heavy atom. The van der Waals surface area contributed by atoms with Crippen LogP contribution in [0, 0.1) is 12.7 Å². The van der Waals surface area contributed by atoms with Gasteiger partial charge in [0.05, 0.1) is 10.6 Å². The molecule has 3 N–H and O–H groups in total. The SMILES string of the molecule is Cc1cc(NS(=O)(=O)c2cc(F)ccc2CN)ccn1. The minimum atomic E-state index is -3.89. The number of hydrogen-bond acceptors (Lipinski definition) is 4. The zero-order chi connectivity index (χ0) is 14.8. The van der Waals surface area contributed by atoms with Crippen LogP contribution >= 0.6 is 0 Å². The summed E-state index contributed by atoms with van der Waals surface area (Å²) in [6, 6.07) is 6.60. The average molecular weight is 295 g/mol. The summed E-state index contributed by atoms with van der Waals surface area (Å²) in [7, 11) is -3.89. The minimum absolute atomic E-state index is 0.00585. The minimum Gasteiger partial charge on any atom is -0.326 e. The normalized spacial score (nSPS) is 11.3. The molecule has 1 aromatic carbocycles. The number of aryl methyl sites for hydroxylation is 1. The molecule has 0 aliphatic heterocycles. The fraction of sp³-hybridized carbons (Fsp3) is 0.154. The molecule has 0 atom stereocenters. The zero-order valence-corrected chi connectivity index (χ0v) is 11.6. The lowest BCUT2D eigenvalue weighted by Crippen LogP contribution is -2.16. The summed E-state index contributed by atoms with van der Waals surface area (Å²) < 4.78 is 40.2. The van der Waals surface area contributed by atoms with Crippen LogP contribution in [0.15, 0.2) is 41.4 Å². The van der Waals surface area contributed by atoms with Gasteiger partial charge in [0, 0.05) is 18.4 Å². The number of benzene rings is 1. The van der Waals surface area contributed by atoms with E-state index in [-0.39, 0.29) is 11.4 Å². The number of sulfonamides is 1. The third kappa shape index (κ3) is 3.12. The van der Waals surface area contributed by atoms with Gasteiger partial charge < -0.3 is 5.73 Å². The first-order chi connectivity index (χ1) is 9.42. The molecule has 0 fully saturated rings. The van der Waals surface area contributed by atoms with E-state index in [0.29, 0.717) is 16.9 Å². The maximum absolute atomic E-state index is 13.3. The lowest BCUT2D eigenvalue weighted by molar-refractivity contribution is 0.593. The Labute approximate surface area is 116 Å². The van der Waals surface area contributed by atoms with E-state index in [2.05, 4.69) is 9.71 Å². The first-order valence-electron chi connectivity index (χ1n) is 5.86. The van der Waals surface area contributed by atoms with Gasteiger partial charge in [0.15, 0.2) is 0 Å². The van der Waals surface area contributed by atoms with Crippen molar-refractivity contribution in [1.82, 2.24) is 4.98 Å². The molecule has 0 amide bonds. The Kier molecular flexibility index (Phi) is 4.01. The quantitative estimate of drug-likeness (QED) is 0.900. The number of anilines is 1. The van der Waals surface area contributed by atoms with Crippen LogP contribution < -0.4 is 10.5 Å². The van der Waals surface area contributed by atoms with Crippen LogP contribution in [0.25, 0.3) is 0 Å². The third-order valence-corrected chi connectivity index (χ3v) is 4.15. The molecule has 0 radical (unpaired) electrons. The number of nitrogens with zero attached hydrogens (tertiary/aromatic N) is 1. The van der Waals surface area contributed by atoms with Crippen LogP contribution in [0.4, 0.5) is 10.1 Å². The van der Waals surface area contributed by atoms with E-state index in [1.807, 2.05) is 0 Å². The highest BCUT2D eigenvalue weighted by Gasteiger charge is 2.19. The highest BCUT2D eigenvalue weighted by molar-refractivity contribution is 7.92. The summed E-state index contributed by atoms with van der Waals surface area (Å²) in [5.74, 6) is -0.631. The second kappa shape index (κ2) is 5.56. The Hall–Kier alpha value is -1.99. The van der Waals surface area contributed by atoms with Gasteiger partial charge in [-0.15, -0.1) is 0 Å². The molecule has 0 spiro atoms. The molecule has 0 saturated carbocycles. The van der Waals surface area contributed by atoms with Crippen LogP contribution in [0.2, 0.25) is 0 Å². The number of nitrogens with one attached hydrogen (secondary N) is 1. The van der Waals surface area contributed by atoms with Gasteiger partial charge in [0.2, 0.25) is 0 Å². The fourth-order valence-electron chi connectivity index (χ4n) is 1.77. The first kappa shape index (κ1) is 14.4. The summed E-state index contributed by atoms with van der Waals surface area (Å²) in [4.78, 5) is 3.82. The van der Waals surface area contributed by atoms with Crippen molar-refractivity contribution >= 4 is 15.7 Å². The lowest BCUT2D eigenvalue weighted by atomic mass is 10.2. The number of rotatable bonds is 4. The molecule has 1 aromatic heterocycles. The van der Waals surface area contributed by atoms with Gasteiger partial charge in [0.25, 0.3) is 10.0 Å². The van der Waals surface area contributed by atoms with Crippen LogP contribution in [0.3, 0.4) is 0 Å². The smallest absolute Gasteiger partial charge is 0.262 e. The Morgan fingerprint density at radius 3 is 2.70 bits per heavy atom. The van der Waals surface area contributed by atoms with Crippen molar-refractivity contribution in [1.29, 1.82) is 0 Å². The summed E-state index contributed by atoms with van der Waals surface area (Å²) >= 11 is 0. The van der Waals surface area contributed by atoms with Crippen molar-refractivity contribution in [2.24, 2.45) is 5.73 Å². The number of aromatic nitrogens is 1. The van der Waals surface area contributed by atoms with E-state index in [9.17, 15) is 12.8 Å². The molecule has 2 rings (SSSR count). The van der Waals surface area contributed by atoms with Crippen LogP contribution in [0.1, 0.15) is 11.3 Å². The van der Waals surface area contributed by atoms with Gasteiger partial charge in [-0.3, -0.25) is 9.71 Å². The van der Waals surface area contributed by atoms with Gasteiger partial charge in [-0.25, -0.2) is 12.8 Å². The Bertz CT molecular complexity index is 732. The van der Waals surface area contributed by atoms with Crippen LogP contribution in [-0.4, -0.2) is 13.4 Å². The van der Waals surface area contributed by atoms with Crippen molar-refractivity contribution < 1.29 is 12.8 Å². The topological polar surface area (TPSA) is 85.1 Å². The molecule has 0 saturated heterocycles.